The molecule has 0 unspecified atom stereocenters. The summed E-state index contributed by atoms with van der Waals surface area (Å²) < 4.78 is 0.802. The number of carbonyl (C=O) groups is 1. The summed E-state index contributed by atoms with van der Waals surface area (Å²) in [6.07, 6.45) is 0. The molecular formula is C18H16N2OS2. The maximum absolute atomic E-state index is 13.0. The van der Waals surface area contributed by atoms with Crippen molar-refractivity contribution in [2.75, 3.05) is 0 Å². The van der Waals surface area contributed by atoms with Gasteiger partial charge in [-0.1, -0.05) is 82.8 Å². The second-order valence-corrected chi connectivity index (χ2v) is 7.53. The predicted octanol–water partition coefficient (Wildman–Crippen LogP) is 4.87. The third-order valence-corrected chi connectivity index (χ3v) is 5.58. The molecule has 0 saturated heterocycles. The van der Waals surface area contributed by atoms with Crippen LogP contribution in [-0.2, 0) is 0 Å². The van der Waals surface area contributed by atoms with Crippen molar-refractivity contribution in [2.45, 2.75) is 23.4 Å². The van der Waals surface area contributed by atoms with E-state index in [-0.39, 0.29) is 11.0 Å². The summed E-state index contributed by atoms with van der Waals surface area (Å²) in [6, 6.07) is 15.8. The highest BCUT2D eigenvalue weighted by Crippen LogP contribution is 2.38. The molecule has 1 atom stereocenters. The molecule has 3 rings (SSSR count). The summed E-state index contributed by atoms with van der Waals surface area (Å²) >= 11 is 2.91. The number of nitrogens with zero attached hydrogens (tertiary/aromatic N) is 2. The summed E-state index contributed by atoms with van der Waals surface area (Å²) in [5, 5.41) is 7.62. The van der Waals surface area contributed by atoms with Crippen molar-refractivity contribution >= 4 is 28.9 Å². The van der Waals surface area contributed by atoms with Gasteiger partial charge >= 0.3 is 0 Å². The van der Waals surface area contributed by atoms with E-state index in [1.807, 2.05) is 62.4 Å². The molecule has 0 aliphatic rings. The van der Waals surface area contributed by atoms with E-state index in [1.54, 1.807) is 5.51 Å². The normalized spacial score (nSPS) is 12.1. The van der Waals surface area contributed by atoms with Gasteiger partial charge in [-0.3, -0.25) is 4.79 Å². The monoisotopic (exact) mass is 340 g/mol. The number of benzene rings is 2. The van der Waals surface area contributed by atoms with Crippen LogP contribution in [0.1, 0.15) is 32.3 Å². The van der Waals surface area contributed by atoms with E-state index in [0.717, 1.165) is 21.0 Å². The van der Waals surface area contributed by atoms with Gasteiger partial charge < -0.3 is 0 Å². The van der Waals surface area contributed by atoms with Gasteiger partial charge in [0, 0.05) is 5.56 Å². The average Bonchev–Trinajstić information content (AvgIpc) is 3.07. The Kier molecular flexibility index (Phi) is 4.88. The molecule has 116 valence electrons. The Bertz CT molecular complexity index is 781. The Hall–Kier alpha value is -1.98. The van der Waals surface area contributed by atoms with Gasteiger partial charge in [0.1, 0.15) is 5.51 Å². The highest BCUT2D eigenvalue weighted by molar-refractivity contribution is 8.01. The quantitative estimate of drug-likeness (QED) is 0.491. The number of rotatable bonds is 5. The van der Waals surface area contributed by atoms with E-state index in [1.165, 1.54) is 28.7 Å². The molecule has 0 spiro atoms. The molecule has 0 radical (unpaired) electrons. The molecule has 0 amide bonds. The lowest BCUT2D eigenvalue weighted by Gasteiger charge is -2.15. The minimum atomic E-state index is -0.314. The van der Waals surface area contributed by atoms with Gasteiger partial charge in [0.2, 0.25) is 0 Å². The molecule has 0 aliphatic heterocycles. The smallest absolute Gasteiger partial charge is 0.180 e. The number of hydrogen-bond donors (Lipinski definition) is 0. The van der Waals surface area contributed by atoms with Crippen LogP contribution in [0.3, 0.4) is 0 Å². The molecule has 2 aromatic carbocycles. The molecule has 0 fully saturated rings. The van der Waals surface area contributed by atoms with E-state index >= 15 is 0 Å². The van der Waals surface area contributed by atoms with Crippen LogP contribution in [0.5, 0.6) is 0 Å². The van der Waals surface area contributed by atoms with Gasteiger partial charge in [0.25, 0.3) is 0 Å². The fraction of sp³-hybridized carbons (Fsp3) is 0.167. The molecule has 3 nitrogen and oxygen atoms in total. The van der Waals surface area contributed by atoms with Gasteiger partial charge in [-0.05, 0) is 19.4 Å². The zero-order valence-electron chi connectivity index (χ0n) is 12.9. The number of aromatic nitrogens is 2. The van der Waals surface area contributed by atoms with Crippen molar-refractivity contribution < 1.29 is 4.79 Å². The zero-order chi connectivity index (χ0) is 16.2. The maximum Gasteiger partial charge on any atom is 0.180 e. The summed E-state index contributed by atoms with van der Waals surface area (Å²) in [6.45, 7) is 4.06. The first-order chi connectivity index (χ1) is 11.1. The Morgan fingerprint density at radius 2 is 1.61 bits per heavy atom. The molecule has 5 heteroatoms. The first-order valence-electron chi connectivity index (χ1n) is 7.24. The Morgan fingerprint density at radius 3 is 2.17 bits per heavy atom. The van der Waals surface area contributed by atoms with Crippen LogP contribution >= 0.6 is 23.1 Å². The molecular weight excluding hydrogens is 324 g/mol. The van der Waals surface area contributed by atoms with E-state index in [9.17, 15) is 4.79 Å². The van der Waals surface area contributed by atoms with Crippen LogP contribution in [-0.4, -0.2) is 16.0 Å². The highest BCUT2D eigenvalue weighted by Gasteiger charge is 2.24. The fourth-order valence-corrected chi connectivity index (χ4v) is 3.95. The fourth-order valence-electron chi connectivity index (χ4n) is 2.20. The van der Waals surface area contributed by atoms with Crippen molar-refractivity contribution in [1.29, 1.82) is 0 Å². The van der Waals surface area contributed by atoms with Gasteiger partial charge in [-0.15, -0.1) is 10.2 Å². The minimum absolute atomic E-state index is 0.0917. The lowest BCUT2D eigenvalue weighted by molar-refractivity contribution is 0.0989. The Labute approximate surface area is 143 Å². The third kappa shape index (κ3) is 3.86. The average molecular weight is 340 g/mol. The number of thioether (sulfide) groups is 1. The first kappa shape index (κ1) is 15.9. The molecule has 1 heterocycles. The lowest BCUT2D eigenvalue weighted by atomic mass is 10.0. The van der Waals surface area contributed by atoms with Crippen molar-refractivity contribution in [3.05, 3.63) is 76.3 Å². The number of aryl methyl sites for hydroxylation is 2. The van der Waals surface area contributed by atoms with Crippen LogP contribution in [0.15, 0.2) is 58.4 Å². The first-order valence-corrected chi connectivity index (χ1v) is 8.99. The molecule has 0 N–H and O–H groups in total. The second kappa shape index (κ2) is 7.06. The molecule has 1 aromatic heterocycles. The SMILES string of the molecule is Cc1ccc(C(=O)[C@H](Sc2nncs2)c2ccc(C)cc2)cc1. The van der Waals surface area contributed by atoms with Crippen molar-refractivity contribution in [3.8, 4) is 0 Å². The number of hydrogen-bond acceptors (Lipinski definition) is 5. The van der Waals surface area contributed by atoms with E-state index in [2.05, 4.69) is 10.2 Å². The standard InChI is InChI=1S/C18H16N2OS2/c1-12-3-7-14(8-4-12)16(21)17(23-18-20-19-11-22-18)15-9-5-13(2)6-10-15/h3-11,17H,1-2H3/t17-/m1/s1. The number of carbonyl (C=O) groups excluding carboxylic acids is 1. The Balaban J connectivity index is 1.95. The van der Waals surface area contributed by atoms with E-state index < -0.39 is 0 Å². The van der Waals surface area contributed by atoms with E-state index in [4.69, 9.17) is 0 Å². The van der Waals surface area contributed by atoms with Gasteiger partial charge in [0.05, 0.1) is 5.25 Å². The van der Waals surface area contributed by atoms with E-state index in [0.29, 0.717) is 0 Å². The number of ketones is 1. The van der Waals surface area contributed by atoms with Gasteiger partial charge in [-0.2, -0.15) is 0 Å². The van der Waals surface area contributed by atoms with Crippen LogP contribution in [0.4, 0.5) is 0 Å². The highest BCUT2D eigenvalue weighted by atomic mass is 32.2. The summed E-state index contributed by atoms with van der Waals surface area (Å²) in [7, 11) is 0. The van der Waals surface area contributed by atoms with Crippen molar-refractivity contribution in [1.82, 2.24) is 10.2 Å². The summed E-state index contributed by atoms with van der Waals surface area (Å²) in [5.74, 6) is 0.0917. The van der Waals surface area contributed by atoms with Gasteiger partial charge in [0.15, 0.2) is 10.1 Å². The molecule has 0 aliphatic carbocycles. The van der Waals surface area contributed by atoms with Crippen molar-refractivity contribution in [3.63, 3.8) is 0 Å². The second-order valence-electron chi connectivity index (χ2n) is 5.34. The van der Waals surface area contributed by atoms with Crippen LogP contribution in [0.25, 0.3) is 0 Å². The lowest BCUT2D eigenvalue weighted by Crippen LogP contribution is -2.10. The zero-order valence-corrected chi connectivity index (χ0v) is 14.5. The molecule has 0 saturated carbocycles. The van der Waals surface area contributed by atoms with Crippen LogP contribution in [0.2, 0.25) is 0 Å². The van der Waals surface area contributed by atoms with Gasteiger partial charge in [-0.25, -0.2) is 0 Å². The molecule has 23 heavy (non-hydrogen) atoms. The summed E-state index contributed by atoms with van der Waals surface area (Å²) in [4.78, 5) is 13.0. The molecule has 0 bridgehead atoms. The topological polar surface area (TPSA) is 42.9 Å². The third-order valence-electron chi connectivity index (χ3n) is 3.51. The van der Waals surface area contributed by atoms with Crippen molar-refractivity contribution in [2.24, 2.45) is 0 Å². The largest absolute Gasteiger partial charge is 0.293 e. The van der Waals surface area contributed by atoms with Crippen LogP contribution in [0, 0.1) is 13.8 Å². The number of Topliss-reactive ketones (excluding diaryl/α,β-unsaturated/α-hetero) is 1. The van der Waals surface area contributed by atoms with Crippen LogP contribution < -0.4 is 0 Å². The maximum atomic E-state index is 13.0. The Morgan fingerprint density at radius 1 is 1.00 bits per heavy atom. The summed E-state index contributed by atoms with van der Waals surface area (Å²) in [5.41, 5.74) is 5.71. The minimum Gasteiger partial charge on any atom is -0.293 e. The molecule has 3 aromatic rings. The predicted molar refractivity (Wildman–Crippen MR) is 95.2 cm³/mol.